The molecule has 0 saturated carbocycles. The summed E-state index contributed by atoms with van der Waals surface area (Å²) in [4.78, 5) is 0. The summed E-state index contributed by atoms with van der Waals surface area (Å²) >= 11 is 1.42. The highest BCUT2D eigenvalue weighted by Gasteiger charge is 2.08. The van der Waals surface area contributed by atoms with Crippen molar-refractivity contribution in [3.63, 3.8) is 0 Å². The van der Waals surface area contributed by atoms with Gasteiger partial charge in [-0.3, -0.25) is 0 Å². The molecule has 2 rings (SSSR count). The Hall–Kier alpha value is -1.86. The minimum atomic E-state index is 0.499. The van der Waals surface area contributed by atoms with Gasteiger partial charge in [0, 0.05) is 24.7 Å². The van der Waals surface area contributed by atoms with Gasteiger partial charge in [-0.1, -0.05) is 23.4 Å². The van der Waals surface area contributed by atoms with Gasteiger partial charge in [-0.25, -0.2) is 0 Å². The van der Waals surface area contributed by atoms with Gasteiger partial charge in [0.15, 0.2) is 0 Å². The number of hydrogen-bond acceptors (Lipinski definition) is 7. The SMILES string of the molecule is CCCNCc1nnc(Oc2cc(OC)cc(OC)c2)s1. The molecule has 1 heterocycles. The van der Waals surface area contributed by atoms with Crippen molar-refractivity contribution in [3.05, 3.63) is 23.2 Å². The summed E-state index contributed by atoms with van der Waals surface area (Å²) in [6.45, 7) is 3.79. The third-order valence-electron chi connectivity index (χ3n) is 2.68. The van der Waals surface area contributed by atoms with Gasteiger partial charge in [-0.15, -0.1) is 5.10 Å². The number of ether oxygens (including phenoxy) is 3. The molecule has 1 aromatic heterocycles. The smallest absolute Gasteiger partial charge is 0.299 e. The van der Waals surface area contributed by atoms with Crippen molar-refractivity contribution in [3.8, 4) is 22.4 Å². The van der Waals surface area contributed by atoms with E-state index >= 15 is 0 Å². The zero-order valence-electron chi connectivity index (χ0n) is 12.4. The first-order chi connectivity index (χ1) is 10.2. The van der Waals surface area contributed by atoms with E-state index in [0.29, 0.717) is 29.0 Å². The maximum atomic E-state index is 5.71. The number of rotatable bonds is 8. The van der Waals surface area contributed by atoms with Crippen molar-refractivity contribution >= 4 is 11.3 Å². The molecule has 21 heavy (non-hydrogen) atoms. The molecule has 0 fully saturated rings. The molecule has 1 N–H and O–H groups in total. The molecule has 114 valence electrons. The normalized spacial score (nSPS) is 10.4. The highest BCUT2D eigenvalue weighted by atomic mass is 32.1. The van der Waals surface area contributed by atoms with Gasteiger partial charge >= 0.3 is 0 Å². The van der Waals surface area contributed by atoms with Crippen LogP contribution in [0.4, 0.5) is 0 Å². The summed E-state index contributed by atoms with van der Waals surface area (Å²) in [6, 6.07) is 5.34. The molecule has 0 aliphatic rings. The number of benzene rings is 1. The van der Waals surface area contributed by atoms with E-state index < -0.39 is 0 Å². The Balaban J connectivity index is 2.04. The summed E-state index contributed by atoms with van der Waals surface area (Å²) in [7, 11) is 3.20. The molecular weight excluding hydrogens is 290 g/mol. The van der Waals surface area contributed by atoms with Crippen LogP contribution in [0.5, 0.6) is 22.4 Å². The number of methoxy groups -OCH3 is 2. The van der Waals surface area contributed by atoms with Crippen molar-refractivity contribution in [2.24, 2.45) is 0 Å². The van der Waals surface area contributed by atoms with E-state index in [1.807, 2.05) is 0 Å². The quantitative estimate of drug-likeness (QED) is 0.756. The zero-order chi connectivity index (χ0) is 15.1. The second-order valence-corrected chi connectivity index (χ2v) is 5.31. The molecule has 0 aliphatic heterocycles. The first-order valence-corrected chi connectivity index (χ1v) is 7.50. The Morgan fingerprint density at radius 3 is 2.33 bits per heavy atom. The van der Waals surface area contributed by atoms with Crippen LogP contribution in [0.2, 0.25) is 0 Å². The van der Waals surface area contributed by atoms with Crippen LogP contribution in [0.1, 0.15) is 18.4 Å². The van der Waals surface area contributed by atoms with E-state index in [4.69, 9.17) is 14.2 Å². The third kappa shape index (κ3) is 4.57. The fraction of sp³-hybridized carbons (Fsp3) is 0.429. The Labute approximate surface area is 128 Å². The number of aromatic nitrogens is 2. The highest BCUT2D eigenvalue weighted by molar-refractivity contribution is 7.13. The average Bonchev–Trinajstić information content (AvgIpc) is 2.94. The third-order valence-corrected chi connectivity index (χ3v) is 3.48. The van der Waals surface area contributed by atoms with Gasteiger partial charge in [0.1, 0.15) is 22.3 Å². The van der Waals surface area contributed by atoms with Crippen LogP contribution in [0.25, 0.3) is 0 Å². The van der Waals surface area contributed by atoms with Gasteiger partial charge in [-0.05, 0) is 13.0 Å². The lowest BCUT2D eigenvalue weighted by molar-refractivity contribution is 0.386. The predicted octanol–water partition coefficient (Wildman–Crippen LogP) is 2.85. The molecule has 0 saturated heterocycles. The molecule has 0 bridgehead atoms. The van der Waals surface area contributed by atoms with E-state index in [9.17, 15) is 0 Å². The van der Waals surface area contributed by atoms with E-state index in [0.717, 1.165) is 18.0 Å². The average molecular weight is 309 g/mol. The van der Waals surface area contributed by atoms with Crippen LogP contribution in [0.15, 0.2) is 18.2 Å². The van der Waals surface area contributed by atoms with Gasteiger partial charge in [0.25, 0.3) is 5.19 Å². The Bertz CT molecular complexity index is 552. The summed E-state index contributed by atoms with van der Waals surface area (Å²) in [5.41, 5.74) is 0. The lowest BCUT2D eigenvalue weighted by Gasteiger charge is -2.07. The predicted molar refractivity (Wildman–Crippen MR) is 81.5 cm³/mol. The van der Waals surface area contributed by atoms with Crippen LogP contribution in [-0.4, -0.2) is 31.0 Å². The number of nitrogens with zero attached hydrogens (tertiary/aromatic N) is 2. The van der Waals surface area contributed by atoms with Crippen LogP contribution in [0.3, 0.4) is 0 Å². The van der Waals surface area contributed by atoms with Crippen LogP contribution in [-0.2, 0) is 6.54 Å². The minimum absolute atomic E-state index is 0.499. The molecular formula is C14H19N3O3S. The highest BCUT2D eigenvalue weighted by Crippen LogP contribution is 2.31. The van der Waals surface area contributed by atoms with Gasteiger partial charge in [-0.2, -0.15) is 0 Å². The molecule has 0 radical (unpaired) electrons. The minimum Gasteiger partial charge on any atom is -0.496 e. The largest absolute Gasteiger partial charge is 0.496 e. The Kier molecular flexibility index (Phi) is 5.77. The molecule has 7 heteroatoms. The molecule has 6 nitrogen and oxygen atoms in total. The van der Waals surface area contributed by atoms with Crippen LogP contribution < -0.4 is 19.5 Å². The maximum Gasteiger partial charge on any atom is 0.299 e. The lowest BCUT2D eigenvalue weighted by Crippen LogP contribution is -2.13. The van der Waals surface area contributed by atoms with E-state index in [2.05, 4.69) is 22.4 Å². The fourth-order valence-electron chi connectivity index (χ4n) is 1.66. The van der Waals surface area contributed by atoms with Crippen LogP contribution >= 0.6 is 11.3 Å². The standard InChI is InChI=1S/C14H19N3O3S/c1-4-5-15-9-13-16-17-14(21-13)20-12-7-10(18-2)6-11(8-12)19-3/h6-8,15H,4-5,9H2,1-3H3. The van der Waals surface area contributed by atoms with Crippen molar-refractivity contribution in [2.75, 3.05) is 20.8 Å². The molecule has 2 aromatic rings. The first-order valence-electron chi connectivity index (χ1n) is 6.69. The second-order valence-electron chi connectivity index (χ2n) is 4.29. The molecule has 0 spiro atoms. The van der Waals surface area contributed by atoms with Crippen LogP contribution in [0, 0.1) is 0 Å². The summed E-state index contributed by atoms with van der Waals surface area (Å²) < 4.78 is 16.1. The van der Waals surface area contributed by atoms with Gasteiger partial charge in [0.2, 0.25) is 0 Å². The van der Waals surface area contributed by atoms with E-state index in [1.54, 1.807) is 32.4 Å². The van der Waals surface area contributed by atoms with Crippen molar-refractivity contribution in [1.82, 2.24) is 15.5 Å². The van der Waals surface area contributed by atoms with E-state index in [1.165, 1.54) is 11.3 Å². The van der Waals surface area contributed by atoms with Crippen molar-refractivity contribution in [2.45, 2.75) is 19.9 Å². The summed E-state index contributed by atoms with van der Waals surface area (Å²) in [5.74, 6) is 1.94. The van der Waals surface area contributed by atoms with Gasteiger partial charge < -0.3 is 19.5 Å². The van der Waals surface area contributed by atoms with Crippen molar-refractivity contribution < 1.29 is 14.2 Å². The first kappa shape index (κ1) is 15.5. The van der Waals surface area contributed by atoms with E-state index in [-0.39, 0.29) is 0 Å². The zero-order valence-corrected chi connectivity index (χ0v) is 13.2. The Morgan fingerprint density at radius 1 is 1.05 bits per heavy atom. The van der Waals surface area contributed by atoms with Gasteiger partial charge in [0.05, 0.1) is 14.2 Å². The van der Waals surface area contributed by atoms with Crippen molar-refractivity contribution in [1.29, 1.82) is 0 Å². The monoisotopic (exact) mass is 309 g/mol. The summed E-state index contributed by atoms with van der Waals surface area (Å²) in [6.07, 6.45) is 1.09. The molecule has 0 unspecified atom stereocenters. The second kappa shape index (κ2) is 7.80. The fourth-order valence-corrected chi connectivity index (χ4v) is 2.34. The molecule has 0 amide bonds. The molecule has 1 aromatic carbocycles. The Morgan fingerprint density at radius 2 is 1.71 bits per heavy atom. The molecule has 0 atom stereocenters. The number of hydrogen-bond donors (Lipinski definition) is 1. The lowest BCUT2D eigenvalue weighted by atomic mass is 10.3. The molecule has 0 aliphatic carbocycles. The topological polar surface area (TPSA) is 65.5 Å². The summed E-state index contributed by atoms with van der Waals surface area (Å²) in [5, 5.41) is 12.8. The number of nitrogens with one attached hydrogen (secondary N) is 1. The maximum absolute atomic E-state index is 5.71.